The maximum atomic E-state index is 10.9. The summed E-state index contributed by atoms with van der Waals surface area (Å²) in [5, 5.41) is 13.0. The number of hydrogen-bond donors (Lipinski definition) is 1. The summed E-state index contributed by atoms with van der Waals surface area (Å²) in [7, 11) is 3.35. The average Bonchev–Trinajstić information content (AvgIpc) is 2.84. The number of aryl methyl sites for hydroxylation is 1. The van der Waals surface area contributed by atoms with Gasteiger partial charge in [-0.2, -0.15) is 5.10 Å². The van der Waals surface area contributed by atoms with Gasteiger partial charge in [0, 0.05) is 25.4 Å². The third-order valence-corrected chi connectivity index (χ3v) is 2.95. The van der Waals surface area contributed by atoms with Gasteiger partial charge in [-0.15, -0.1) is 0 Å². The van der Waals surface area contributed by atoms with Crippen LogP contribution in [-0.4, -0.2) is 34.6 Å². The van der Waals surface area contributed by atoms with Gasteiger partial charge < -0.3 is 14.6 Å². The molecule has 1 N–H and O–H groups in total. The van der Waals surface area contributed by atoms with Crippen LogP contribution < -0.4 is 9.47 Å². The van der Waals surface area contributed by atoms with Crippen LogP contribution in [0, 0.1) is 0 Å². The van der Waals surface area contributed by atoms with Crippen molar-refractivity contribution in [2.45, 2.75) is 6.42 Å². The molecule has 0 atom stereocenters. The zero-order valence-electron chi connectivity index (χ0n) is 11.4. The van der Waals surface area contributed by atoms with E-state index in [-0.39, 0.29) is 5.56 Å². The Morgan fingerprint density at radius 1 is 1.35 bits per heavy atom. The molecule has 20 heavy (non-hydrogen) atoms. The van der Waals surface area contributed by atoms with E-state index in [0.717, 1.165) is 5.69 Å². The lowest BCUT2D eigenvalue weighted by Crippen LogP contribution is -2.07. The molecule has 2 rings (SSSR count). The fourth-order valence-corrected chi connectivity index (χ4v) is 1.83. The monoisotopic (exact) mass is 276 g/mol. The van der Waals surface area contributed by atoms with Crippen molar-refractivity contribution in [3.8, 4) is 11.5 Å². The SMILES string of the molecule is COc1cc(C(=O)O)ccc1OCCc1ccnn1C. The number of benzene rings is 1. The molecule has 0 unspecified atom stereocenters. The number of aromatic nitrogens is 2. The van der Waals surface area contributed by atoms with Crippen LogP contribution in [0.2, 0.25) is 0 Å². The number of hydrogen-bond acceptors (Lipinski definition) is 4. The Morgan fingerprint density at radius 2 is 2.15 bits per heavy atom. The molecular weight excluding hydrogens is 260 g/mol. The summed E-state index contributed by atoms with van der Waals surface area (Å²) in [6, 6.07) is 6.46. The minimum Gasteiger partial charge on any atom is -0.493 e. The fourth-order valence-electron chi connectivity index (χ4n) is 1.83. The fraction of sp³-hybridized carbons (Fsp3) is 0.286. The molecule has 106 valence electrons. The van der Waals surface area contributed by atoms with Gasteiger partial charge in [0.1, 0.15) is 0 Å². The Morgan fingerprint density at radius 3 is 2.75 bits per heavy atom. The van der Waals surface area contributed by atoms with E-state index >= 15 is 0 Å². The molecular formula is C14H16N2O4. The molecule has 0 spiro atoms. The van der Waals surface area contributed by atoms with E-state index in [1.807, 2.05) is 13.1 Å². The number of ether oxygens (including phenoxy) is 2. The van der Waals surface area contributed by atoms with Crippen molar-refractivity contribution in [1.29, 1.82) is 0 Å². The van der Waals surface area contributed by atoms with Gasteiger partial charge >= 0.3 is 5.97 Å². The number of carbonyl (C=O) groups is 1. The molecule has 1 aromatic carbocycles. The molecule has 0 aliphatic heterocycles. The predicted molar refractivity (Wildman–Crippen MR) is 72.4 cm³/mol. The number of methoxy groups -OCH3 is 1. The van der Waals surface area contributed by atoms with Crippen molar-refractivity contribution >= 4 is 5.97 Å². The van der Waals surface area contributed by atoms with Crippen LogP contribution in [-0.2, 0) is 13.5 Å². The molecule has 0 bridgehead atoms. The van der Waals surface area contributed by atoms with Crippen LogP contribution in [0.5, 0.6) is 11.5 Å². The number of carboxylic acids is 1. The van der Waals surface area contributed by atoms with Gasteiger partial charge in [-0.05, 0) is 24.3 Å². The molecule has 1 aromatic heterocycles. The zero-order chi connectivity index (χ0) is 14.5. The van der Waals surface area contributed by atoms with Crippen LogP contribution in [0.25, 0.3) is 0 Å². The van der Waals surface area contributed by atoms with E-state index in [0.29, 0.717) is 24.5 Å². The van der Waals surface area contributed by atoms with Crippen LogP contribution >= 0.6 is 0 Å². The lowest BCUT2D eigenvalue weighted by atomic mass is 10.2. The summed E-state index contributed by atoms with van der Waals surface area (Å²) < 4.78 is 12.6. The molecule has 2 aromatic rings. The van der Waals surface area contributed by atoms with Crippen molar-refractivity contribution in [1.82, 2.24) is 9.78 Å². The Kier molecular flexibility index (Phi) is 4.24. The third kappa shape index (κ3) is 3.09. The van der Waals surface area contributed by atoms with E-state index in [1.165, 1.54) is 19.2 Å². The molecule has 0 amide bonds. The van der Waals surface area contributed by atoms with Crippen molar-refractivity contribution in [2.75, 3.05) is 13.7 Å². The second-order valence-corrected chi connectivity index (χ2v) is 4.22. The maximum absolute atomic E-state index is 10.9. The quantitative estimate of drug-likeness (QED) is 0.870. The van der Waals surface area contributed by atoms with Crippen LogP contribution in [0.4, 0.5) is 0 Å². The van der Waals surface area contributed by atoms with Gasteiger partial charge in [0.05, 0.1) is 19.3 Å². The third-order valence-electron chi connectivity index (χ3n) is 2.95. The van der Waals surface area contributed by atoms with E-state index < -0.39 is 5.97 Å². The molecule has 0 radical (unpaired) electrons. The summed E-state index contributed by atoms with van der Waals surface area (Å²) in [5.74, 6) is -0.0562. The van der Waals surface area contributed by atoms with E-state index in [9.17, 15) is 4.79 Å². The first kappa shape index (κ1) is 13.9. The molecule has 6 heteroatoms. The zero-order valence-corrected chi connectivity index (χ0v) is 11.4. The molecule has 0 fully saturated rings. The first-order chi connectivity index (χ1) is 9.61. The molecule has 0 aliphatic carbocycles. The minimum absolute atomic E-state index is 0.167. The van der Waals surface area contributed by atoms with Gasteiger partial charge in [0.25, 0.3) is 0 Å². The summed E-state index contributed by atoms with van der Waals surface area (Å²) in [6.45, 7) is 0.461. The topological polar surface area (TPSA) is 73.6 Å². The average molecular weight is 276 g/mol. The first-order valence-corrected chi connectivity index (χ1v) is 6.13. The van der Waals surface area contributed by atoms with Gasteiger partial charge in [-0.25, -0.2) is 4.79 Å². The lowest BCUT2D eigenvalue weighted by molar-refractivity contribution is 0.0696. The van der Waals surface area contributed by atoms with Crippen molar-refractivity contribution in [2.24, 2.45) is 7.05 Å². The second-order valence-electron chi connectivity index (χ2n) is 4.22. The molecule has 1 heterocycles. The van der Waals surface area contributed by atoms with E-state index in [4.69, 9.17) is 14.6 Å². The van der Waals surface area contributed by atoms with Crippen LogP contribution in [0.1, 0.15) is 16.1 Å². The first-order valence-electron chi connectivity index (χ1n) is 6.13. The maximum Gasteiger partial charge on any atom is 0.335 e. The highest BCUT2D eigenvalue weighted by Crippen LogP contribution is 2.28. The summed E-state index contributed by atoms with van der Waals surface area (Å²) in [6.07, 6.45) is 2.44. The second kappa shape index (κ2) is 6.10. The molecule has 6 nitrogen and oxygen atoms in total. The minimum atomic E-state index is -0.996. The number of rotatable bonds is 6. The van der Waals surface area contributed by atoms with E-state index in [2.05, 4.69) is 5.10 Å². The van der Waals surface area contributed by atoms with Crippen molar-refractivity contribution in [3.05, 3.63) is 41.7 Å². The van der Waals surface area contributed by atoms with E-state index in [1.54, 1.807) is 16.9 Å². The number of aromatic carboxylic acids is 1. The lowest BCUT2D eigenvalue weighted by Gasteiger charge is -2.11. The van der Waals surface area contributed by atoms with Crippen LogP contribution in [0.15, 0.2) is 30.5 Å². The molecule has 0 saturated carbocycles. The van der Waals surface area contributed by atoms with Crippen LogP contribution in [0.3, 0.4) is 0 Å². The highest BCUT2D eigenvalue weighted by molar-refractivity contribution is 5.88. The van der Waals surface area contributed by atoms with Gasteiger partial charge in [0.2, 0.25) is 0 Å². The largest absolute Gasteiger partial charge is 0.493 e. The Balaban J connectivity index is 2.02. The smallest absolute Gasteiger partial charge is 0.335 e. The van der Waals surface area contributed by atoms with Gasteiger partial charge in [0.15, 0.2) is 11.5 Å². The van der Waals surface area contributed by atoms with Crippen molar-refractivity contribution < 1.29 is 19.4 Å². The highest BCUT2D eigenvalue weighted by atomic mass is 16.5. The Bertz CT molecular complexity index is 607. The molecule has 0 saturated heterocycles. The summed E-state index contributed by atoms with van der Waals surface area (Å²) in [4.78, 5) is 10.9. The predicted octanol–water partition coefficient (Wildman–Crippen LogP) is 1.75. The van der Waals surface area contributed by atoms with Crippen molar-refractivity contribution in [3.63, 3.8) is 0 Å². The standard InChI is InChI=1S/C14H16N2O4/c1-16-11(5-7-15-16)6-8-20-12-4-3-10(14(17)18)9-13(12)19-2/h3-5,7,9H,6,8H2,1-2H3,(H,17,18). The highest BCUT2D eigenvalue weighted by Gasteiger charge is 2.10. The normalized spacial score (nSPS) is 10.3. The summed E-state index contributed by atoms with van der Waals surface area (Å²) in [5.41, 5.74) is 1.23. The van der Waals surface area contributed by atoms with Gasteiger partial charge in [-0.3, -0.25) is 4.68 Å². The number of carboxylic acid groups (broad SMARTS) is 1. The molecule has 0 aliphatic rings. The van der Waals surface area contributed by atoms with Gasteiger partial charge in [-0.1, -0.05) is 0 Å². The summed E-state index contributed by atoms with van der Waals surface area (Å²) >= 11 is 0. The Hall–Kier alpha value is -2.50. The number of nitrogens with zero attached hydrogens (tertiary/aromatic N) is 2. The Labute approximate surface area is 116 Å².